The lowest BCUT2D eigenvalue weighted by Gasteiger charge is -2.27. The standard InChI is InChI=1S/C22H28N2O3/c1-5-10-23(4)20(25)18-17-8-9-22(27-17)13-24(21(26)19(18)22)12-16-7-6-14(2)15(3)11-16/h6-9,11,17-19H,5,10,12-13H2,1-4H3/t17-,18?,19?,22-/m1/s1. The monoisotopic (exact) mass is 368 g/mol. The van der Waals surface area contributed by atoms with Crippen molar-refractivity contribution in [3.8, 4) is 0 Å². The molecule has 4 rings (SSSR count). The number of likely N-dealkylation sites (tertiary alicyclic amines) is 1. The predicted octanol–water partition coefficient (Wildman–Crippen LogP) is 2.45. The Kier molecular flexibility index (Phi) is 4.38. The Bertz CT molecular complexity index is 818. The molecule has 1 aromatic carbocycles. The maximum absolute atomic E-state index is 13.3. The first-order valence-corrected chi connectivity index (χ1v) is 9.83. The molecule has 0 aromatic heterocycles. The Balaban J connectivity index is 1.57. The topological polar surface area (TPSA) is 49.9 Å². The largest absolute Gasteiger partial charge is 0.360 e. The van der Waals surface area contributed by atoms with Gasteiger partial charge in [0.05, 0.1) is 24.5 Å². The summed E-state index contributed by atoms with van der Waals surface area (Å²) in [6.45, 7) is 8.01. The van der Waals surface area contributed by atoms with Crippen LogP contribution in [0.15, 0.2) is 30.4 Å². The summed E-state index contributed by atoms with van der Waals surface area (Å²) >= 11 is 0. The fourth-order valence-corrected chi connectivity index (χ4v) is 4.82. The van der Waals surface area contributed by atoms with E-state index in [2.05, 4.69) is 39.0 Å². The third-order valence-electron chi connectivity index (χ3n) is 6.34. The highest BCUT2D eigenvalue weighted by Crippen LogP contribution is 2.52. The highest BCUT2D eigenvalue weighted by molar-refractivity contribution is 5.93. The minimum atomic E-state index is -0.630. The van der Waals surface area contributed by atoms with E-state index in [1.54, 1.807) is 4.90 Å². The molecule has 1 aromatic rings. The van der Waals surface area contributed by atoms with Gasteiger partial charge in [0.2, 0.25) is 11.8 Å². The van der Waals surface area contributed by atoms with E-state index in [1.807, 2.05) is 24.1 Å². The molecule has 27 heavy (non-hydrogen) atoms. The number of benzene rings is 1. The van der Waals surface area contributed by atoms with E-state index >= 15 is 0 Å². The van der Waals surface area contributed by atoms with Crippen LogP contribution in [-0.4, -0.2) is 53.5 Å². The van der Waals surface area contributed by atoms with Crippen molar-refractivity contribution in [1.29, 1.82) is 0 Å². The number of carbonyl (C=O) groups is 2. The normalized spacial score (nSPS) is 30.9. The average molecular weight is 368 g/mol. The number of aryl methyl sites for hydroxylation is 2. The van der Waals surface area contributed by atoms with Gasteiger partial charge < -0.3 is 14.5 Å². The summed E-state index contributed by atoms with van der Waals surface area (Å²) in [7, 11) is 1.82. The lowest BCUT2D eigenvalue weighted by atomic mass is 9.76. The van der Waals surface area contributed by atoms with E-state index in [4.69, 9.17) is 4.74 Å². The Labute approximate surface area is 161 Å². The number of ether oxygens (including phenoxy) is 1. The van der Waals surface area contributed by atoms with Crippen molar-refractivity contribution >= 4 is 11.8 Å². The fourth-order valence-electron chi connectivity index (χ4n) is 4.82. The Morgan fingerprint density at radius 3 is 2.81 bits per heavy atom. The molecule has 5 heteroatoms. The Morgan fingerprint density at radius 2 is 2.11 bits per heavy atom. The van der Waals surface area contributed by atoms with Crippen LogP contribution in [-0.2, 0) is 20.9 Å². The minimum absolute atomic E-state index is 0.0273. The summed E-state index contributed by atoms with van der Waals surface area (Å²) in [6, 6.07) is 6.31. The maximum atomic E-state index is 13.3. The van der Waals surface area contributed by atoms with E-state index in [9.17, 15) is 9.59 Å². The summed E-state index contributed by atoms with van der Waals surface area (Å²) in [6.07, 6.45) is 4.63. The number of amides is 2. The van der Waals surface area contributed by atoms with E-state index < -0.39 is 17.4 Å². The maximum Gasteiger partial charge on any atom is 0.230 e. The first-order valence-electron chi connectivity index (χ1n) is 9.83. The lowest BCUT2D eigenvalue weighted by molar-refractivity contribution is -0.142. The second-order valence-corrected chi connectivity index (χ2v) is 8.27. The van der Waals surface area contributed by atoms with Gasteiger partial charge in [0.15, 0.2) is 0 Å². The van der Waals surface area contributed by atoms with Crippen LogP contribution in [0.4, 0.5) is 0 Å². The van der Waals surface area contributed by atoms with Crippen molar-refractivity contribution < 1.29 is 14.3 Å². The fraction of sp³-hybridized carbons (Fsp3) is 0.545. The molecule has 4 atom stereocenters. The van der Waals surface area contributed by atoms with Crippen molar-refractivity contribution in [1.82, 2.24) is 9.80 Å². The first kappa shape index (κ1) is 18.2. The average Bonchev–Trinajstić information content (AvgIpc) is 3.26. The Hall–Kier alpha value is -2.14. The van der Waals surface area contributed by atoms with Crippen molar-refractivity contribution in [2.24, 2.45) is 11.8 Å². The van der Waals surface area contributed by atoms with Crippen LogP contribution >= 0.6 is 0 Å². The molecule has 1 spiro atoms. The molecule has 2 bridgehead atoms. The molecule has 0 saturated carbocycles. The second-order valence-electron chi connectivity index (χ2n) is 8.27. The van der Waals surface area contributed by atoms with Crippen LogP contribution in [0.2, 0.25) is 0 Å². The number of carbonyl (C=O) groups excluding carboxylic acids is 2. The van der Waals surface area contributed by atoms with Gasteiger partial charge in [-0.2, -0.15) is 0 Å². The smallest absolute Gasteiger partial charge is 0.230 e. The second kappa shape index (κ2) is 6.48. The van der Waals surface area contributed by atoms with Crippen LogP contribution in [0.3, 0.4) is 0 Å². The van der Waals surface area contributed by atoms with Gasteiger partial charge in [-0.3, -0.25) is 9.59 Å². The quantitative estimate of drug-likeness (QED) is 0.750. The molecule has 0 aliphatic carbocycles. The zero-order chi connectivity index (χ0) is 19.3. The number of nitrogens with zero attached hydrogens (tertiary/aromatic N) is 2. The zero-order valence-corrected chi connectivity index (χ0v) is 16.6. The van der Waals surface area contributed by atoms with Crippen LogP contribution < -0.4 is 0 Å². The zero-order valence-electron chi connectivity index (χ0n) is 16.6. The van der Waals surface area contributed by atoms with Crippen LogP contribution in [0.1, 0.15) is 30.0 Å². The predicted molar refractivity (Wildman–Crippen MR) is 103 cm³/mol. The van der Waals surface area contributed by atoms with Crippen LogP contribution in [0.25, 0.3) is 0 Å². The molecule has 2 fully saturated rings. The Morgan fingerprint density at radius 1 is 1.33 bits per heavy atom. The van der Waals surface area contributed by atoms with E-state index in [1.165, 1.54) is 11.1 Å². The van der Waals surface area contributed by atoms with Crippen molar-refractivity contribution in [2.75, 3.05) is 20.1 Å². The van der Waals surface area contributed by atoms with E-state index in [0.717, 1.165) is 12.0 Å². The number of rotatable bonds is 5. The highest BCUT2D eigenvalue weighted by Gasteiger charge is 2.66. The van der Waals surface area contributed by atoms with Gasteiger partial charge in [-0.15, -0.1) is 0 Å². The molecule has 2 amide bonds. The molecule has 0 radical (unpaired) electrons. The molecule has 3 heterocycles. The lowest BCUT2D eigenvalue weighted by Crippen LogP contribution is -2.44. The number of hydrogen-bond donors (Lipinski definition) is 0. The summed E-state index contributed by atoms with van der Waals surface area (Å²) in [5.74, 6) is -0.725. The van der Waals surface area contributed by atoms with Gasteiger partial charge in [0.25, 0.3) is 0 Å². The molecular weight excluding hydrogens is 340 g/mol. The van der Waals surface area contributed by atoms with Crippen molar-refractivity contribution in [3.63, 3.8) is 0 Å². The summed E-state index contributed by atoms with van der Waals surface area (Å²) < 4.78 is 6.21. The van der Waals surface area contributed by atoms with E-state index in [-0.39, 0.29) is 17.9 Å². The van der Waals surface area contributed by atoms with Gasteiger partial charge in [-0.05, 0) is 37.0 Å². The molecule has 5 nitrogen and oxygen atoms in total. The number of fused-ring (bicyclic) bond motifs is 1. The molecule has 3 aliphatic rings. The van der Waals surface area contributed by atoms with Crippen LogP contribution in [0.5, 0.6) is 0 Å². The molecule has 0 N–H and O–H groups in total. The minimum Gasteiger partial charge on any atom is -0.360 e. The van der Waals surface area contributed by atoms with Crippen LogP contribution in [0, 0.1) is 25.7 Å². The van der Waals surface area contributed by atoms with Gasteiger partial charge in [-0.1, -0.05) is 37.3 Å². The van der Waals surface area contributed by atoms with E-state index in [0.29, 0.717) is 19.6 Å². The third kappa shape index (κ3) is 2.80. The summed E-state index contributed by atoms with van der Waals surface area (Å²) in [5, 5.41) is 0. The summed E-state index contributed by atoms with van der Waals surface area (Å²) in [5.41, 5.74) is 2.96. The first-order chi connectivity index (χ1) is 12.9. The third-order valence-corrected chi connectivity index (χ3v) is 6.34. The molecule has 2 unspecified atom stereocenters. The van der Waals surface area contributed by atoms with Gasteiger partial charge >= 0.3 is 0 Å². The SMILES string of the molecule is CCCN(C)C(=O)C1C2C(=O)N(Cc3ccc(C)c(C)c3)C[C@]23C=C[C@H]1O3. The van der Waals surface area contributed by atoms with Gasteiger partial charge in [-0.25, -0.2) is 0 Å². The van der Waals surface area contributed by atoms with Gasteiger partial charge in [0, 0.05) is 20.1 Å². The number of hydrogen-bond acceptors (Lipinski definition) is 3. The summed E-state index contributed by atoms with van der Waals surface area (Å²) in [4.78, 5) is 29.9. The molecule has 2 saturated heterocycles. The molecule has 144 valence electrons. The van der Waals surface area contributed by atoms with Gasteiger partial charge in [0.1, 0.15) is 5.60 Å². The molecular formula is C22H28N2O3. The highest BCUT2D eigenvalue weighted by atomic mass is 16.5. The van der Waals surface area contributed by atoms with Crippen molar-refractivity contribution in [2.45, 2.75) is 45.4 Å². The van der Waals surface area contributed by atoms with Crippen molar-refractivity contribution in [3.05, 3.63) is 47.0 Å². The molecule has 3 aliphatic heterocycles.